The highest BCUT2D eigenvalue weighted by Gasteiger charge is 2.29. The van der Waals surface area contributed by atoms with E-state index in [1.165, 1.54) is 4.80 Å². The van der Waals surface area contributed by atoms with E-state index in [9.17, 15) is 15.0 Å². The summed E-state index contributed by atoms with van der Waals surface area (Å²) in [6.45, 7) is 10.3. The Morgan fingerprint density at radius 1 is 1.15 bits per heavy atom. The van der Waals surface area contributed by atoms with Crippen LogP contribution in [0.3, 0.4) is 0 Å². The highest BCUT2D eigenvalue weighted by atomic mass is 35.5. The van der Waals surface area contributed by atoms with Crippen LogP contribution < -0.4 is 0 Å². The minimum atomic E-state index is -0.773. The summed E-state index contributed by atoms with van der Waals surface area (Å²) in [5, 5.41) is 30.8. The standard InChI is InChI=1S/C27H36ClN3O3/c1-6-8-9-11-18(7-2)19(26(33)34)14-17-15-20(27(3,4)5)25(32)23(16-17)31-29-22-13-10-12-21(28)24(22)30-31/h10,12-13,15-16,18-19,32H,6-9,11,14H2,1-5H3,(H,33,34). The summed E-state index contributed by atoms with van der Waals surface area (Å²) in [6, 6.07) is 9.12. The van der Waals surface area contributed by atoms with Crippen molar-refractivity contribution in [2.75, 3.05) is 0 Å². The van der Waals surface area contributed by atoms with Crippen LogP contribution in [0.2, 0.25) is 5.02 Å². The molecular weight excluding hydrogens is 450 g/mol. The van der Waals surface area contributed by atoms with Crippen molar-refractivity contribution in [1.29, 1.82) is 0 Å². The molecule has 34 heavy (non-hydrogen) atoms. The molecule has 0 aliphatic heterocycles. The zero-order chi connectivity index (χ0) is 25.0. The molecule has 7 heteroatoms. The molecule has 2 aromatic carbocycles. The van der Waals surface area contributed by atoms with Crippen molar-refractivity contribution in [1.82, 2.24) is 15.0 Å². The van der Waals surface area contributed by atoms with Gasteiger partial charge in [0.05, 0.1) is 10.9 Å². The average molecular weight is 486 g/mol. The first kappa shape index (κ1) is 26.0. The minimum Gasteiger partial charge on any atom is -0.505 e. The van der Waals surface area contributed by atoms with Crippen molar-refractivity contribution in [2.24, 2.45) is 11.8 Å². The predicted molar refractivity (Wildman–Crippen MR) is 137 cm³/mol. The summed E-state index contributed by atoms with van der Waals surface area (Å²) in [5.41, 5.74) is 2.83. The number of carboxylic acid groups (broad SMARTS) is 1. The molecule has 1 aromatic heterocycles. The Balaban J connectivity index is 2.08. The van der Waals surface area contributed by atoms with Crippen molar-refractivity contribution in [3.63, 3.8) is 0 Å². The van der Waals surface area contributed by atoms with Crippen LogP contribution in [0.5, 0.6) is 5.75 Å². The maximum absolute atomic E-state index is 12.3. The Labute approximate surface area is 206 Å². The zero-order valence-electron chi connectivity index (χ0n) is 20.8. The summed E-state index contributed by atoms with van der Waals surface area (Å²) in [7, 11) is 0. The van der Waals surface area contributed by atoms with E-state index in [1.54, 1.807) is 12.1 Å². The molecule has 2 atom stereocenters. The van der Waals surface area contributed by atoms with Gasteiger partial charge in [-0.2, -0.15) is 0 Å². The lowest BCUT2D eigenvalue weighted by Gasteiger charge is -2.26. The van der Waals surface area contributed by atoms with Crippen LogP contribution in [0.4, 0.5) is 0 Å². The molecule has 0 aliphatic carbocycles. The third-order valence-electron chi connectivity index (χ3n) is 6.58. The number of rotatable bonds is 10. The van der Waals surface area contributed by atoms with E-state index in [1.807, 2.05) is 39.0 Å². The normalized spacial score (nSPS) is 13.8. The molecule has 0 fully saturated rings. The molecule has 3 rings (SSSR count). The summed E-state index contributed by atoms with van der Waals surface area (Å²) < 4.78 is 0. The number of hydrogen-bond donors (Lipinski definition) is 2. The summed E-state index contributed by atoms with van der Waals surface area (Å²) >= 11 is 6.30. The van der Waals surface area contributed by atoms with Gasteiger partial charge >= 0.3 is 5.97 Å². The number of aromatic nitrogens is 3. The third-order valence-corrected chi connectivity index (χ3v) is 6.89. The number of carbonyl (C=O) groups is 1. The number of nitrogens with zero attached hydrogens (tertiary/aromatic N) is 3. The number of aromatic hydroxyl groups is 1. The van der Waals surface area contributed by atoms with Crippen LogP contribution in [0.1, 0.15) is 77.8 Å². The fourth-order valence-corrected chi connectivity index (χ4v) is 4.79. The average Bonchev–Trinajstić information content (AvgIpc) is 3.21. The molecule has 0 saturated carbocycles. The molecule has 0 bridgehead atoms. The topological polar surface area (TPSA) is 88.2 Å². The third kappa shape index (κ3) is 5.72. The van der Waals surface area contributed by atoms with Crippen LogP contribution in [-0.4, -0.2) is 31.2 Å². The number of halogens is 1. The zero-order valence-corrected chi connectivity index (χ0v) is 21.6. The van der Waals surface area contributed by atoms with Crippen molar-refractivity contribution in [3.8, 4) is 11.4 Å². The quantitative estimate of drug-likeness (QED) is 0.304. The van der Waals surface area contributed by atoms with E-state index in [0.29, 0.717) is 28.2 Å². The molecular formula is C27H36ClN3O3. The number of unbranched alkanes of at least 4 members (excludes halogenated alkanes) is 2. The molecule has 1 heterocycles. The summed E-state index contributed by atoms with van der Waals surface area (Å²) in [4.78, 5) is 13.7. The van der Waals surface area contributed by atoms with Crippen molar-refractivity contribution < 1.29 is 15.0 Å². The van der Waals surface area contributed by atoms with E-state index in [4.69, 9.17) is 11.6 Å². The maximum atomic E-state index is 12.3. The lowest BCUT2D eigenvalue weighted by atomic mass is 9.79. The van der Waals surface area contributed by atoms with Crippen molar-refractivity contribution in [3.05, 3.63) is 46.5 Å². The monoisotopic (exact) mass is 485 g/mol. The number of fused-ring (bicyclic) bond motifs is 1. The van der Waals surface area contributed by atoms with Gasteiger partial charge in [0.15, 0.2) is 0 Å². The highest BCUT2D eigenvalue weighted by molar-refractivity contribution is 6.34. The van der Waals surface area contributed by atoms with Gasteiger partial charge < -0.3 is 10.2 Å². The van der Waals surface area contributed by atoms with Gasteiger partial charge in [-0.1, -0.05) is 84.0 Å². The van der Waals surface area contributed by atoms with Gasteiger partial charge in [0.25, 0.3) is 0 Å². The predicted octanol–water partition coefficient (Wildman–Crippen LogP) is 6.93. The lowest BCUT2D eigenvalue weighted by Crippen LogP contribution is -2.26. The Hall–Kier alpha value is -2.60. The van der Waals surface area contributed by atoms with Crippen molar-refractivity contribution in [2.45, 2.75) is 78.6 Å². The molecule has 3 aromatic rings. The van der Waals surface area contributed by atoms with E-state index in [-0.39, 0.29) is 17.1 Å². The lowest BCUT2D eigenvalue weighted by molar-refractivity contribution is -0.143. The van der Waals surface area contributed by atoms with Crippen LogP contribution in [0.25, 0.3) is 16.7 Å². The number of phenols is 1. The second-order valence-electron chi connectivity index (χ2n) is 10.2. The second-order valence-corrected chi connectivity index (χ2v) is 10.6. The van der Waals surface area contributed by atoms with Crippen molar-refractivity contribution >= 4 is 28.6 Å². The first-order chi connectivity index (χ1) is 16.1. The molecule has 0 saturated heterocycles. The maximum Gasteiger partial charge on any atom is 0.307 e. The molecule has 2 N–H and O–H groups in total. The van der Waals surface area contributed by atoms with Gasteiger partial charge in [-0.15, -0.1) is 15.0 Å². The van der Waals surface area contributed by atoms with E-state index in [0.717, 1.165) is 43.2 Å². The Morgan fingerprint density at radius 3 is 2.47 bits per heavy atom. The van der Waals surface area contributed by atoms with Gasteiger partial charge in [-0.25, -0.2) is 0 Å². The molecule has 0 radical (unpaired) electrons. The first-order valence-electron chi connectivity index (χ1n) is 12.2. The number of hydrogen-bond acceptors (Lipinski definition) is 4. The van der Waals surface area contributed by atoms with Gasteiger partial charge in [0.2, 0.25) is 0 Å². The molecule has 0 spiro atoms. The molecule has 6 nitrogen and oxygen atoms in total. The summed E-state index contributed by atoms with van der Waals surface area (Å²) in [5.74, 6) is -1.07. The Kier molecular flexibility index (Phi) is 8.24. The number of benzene rings is 2. The van der Waals surface area contributed by atoms with Crippen LogP contribution in [-0.2, 0) is 16.6 Å². The molecule has 0 amide bonds. The van der Waals surface area contributed by atoms with Crippen LogP contribution in [0, 0.1) is 11.8 Å². The Morgan fingerprint density at radius 2 is 1.88 bits per heavy atom. The van der Waals surface area contributed by atoms with Gasteiger partial charge in [-0.3, -0.25) is 4.79 Å². The fraction of sp³-hybridized carbons (Fsp3) is 0.519. The molecule has 0 aliphatic rings. The van der Waals surface area contributed by atoms with E-state index < -0.39 is 11.9 Å². The van der Waals surface area contributed by atoms with E-state index >= 15 is 0 Å². The molecule has 2 unspecified atom stereocenters. The van der Waals surface area contributed by atoms with Gasteiger partial charge in [-0.05, 0) is 47.9 Å². The minimum absolute atomic E-state index is 0.0922. The van der Waals surface area contributed by atoms with Gasteiger partial charge in [0.1, 0.15) is 22.5 Å². The number of aliphatic carboxylic acids is 1. The van der Waals surface area contributed by atoms with Crippen LogP contribution >= 0.6 is 11.6 Å². The second kappa shape index (κ2) is 10.8. The largest absolute Gasteiger partial charge is 0.505 e. The smallest absolute Gasteiger partial charge is 0.307 e. The number of phenolic OH excluding ortho intramolecular Hbond substituents is 1. The fourth-order valence-electron chi connectivity index (χ4n) is 4.59. The number of carboxylic acids is 1. The molecule has 184 valence electrons. The van der Waals surface area contributed by atoms with Crippen LogP contribution in [0.15, 0.2) is 30.3 Å². The Bertz CT molecular complexity index is 1150. The highest BCUT2D eigenvalue weighted by Crippen LogP contribution is 2.38. The summed E-state index contributed by atoms with van der Waals surface area (Å²) in [6.07, 6.45) is 5.38. The van der Waals surface area contributed by atoms with E-state index in [2.05, 4.69) is 24.0 Å². The SMILES string of the molecule is CCCCCC(CC)C(Cc1cc(-n2nc3cccc(Cl)c3n2)c(O)c(C(C)(C)C)c1)C(=O)O. The first-order valence-corrected chi connectivity index (χ1v) is 12.6. The van der Waals surface area contributed by atoms with Gasteiger partial charge in [0, 0.05) is 5.56 Å².